The van der Waals surface area contributed by atoms with Crippen LogP contribution in [0, 0.1) is 23.2 Å². The normalized spacial score (nSPS) is 12.2. The summed E-state index contributed by atoms with van der Waals surface area (Å²) >= 11 is 0. The highest BCUT2D eigenvalue weighted by Gasteiger charge is 2.20. The SMILES string of the molecule is CC(C)C(C#N)C(=O)NCCc1cnn(C)c1. The predicted octanol–water partition coefficient (Wildman–Crippen LogP) is 0.875. The number of carbonyl (C=O) groups excluding carboxylic acids is 1. The van der Waals surface area contributed by atoms with Crippen LogP contribution in [0.5, 0.6) is 0 Å². The van der Waals surface area contributed by atoms with Crippen molar-refractivity contribution in [2.45, 2.75) is 20.3 Å². The monoisotopic (exact) mass is 234 g/mol. The molecule has 0 aliphatic carbocycles. The van der Waals surface area contributed by atoms with Crippen LogP contribution in [-0.4, -0.2) is 22.2 Å². The number of nitrogens with one attached hydrogen (secondary N) is 1. The molecule has 17 heavy (non-hydrogen) atoms. The maximum atomic E-state index is 11.7. The maximum Gasteiger partial charge on any atom is 0.237 e. The number of aromatic nitrogens is 2. The number of amides is 1. The van der Waals surface area contributed by atoms with Gasteiger partial charge >= 0.3 is 0 Å². The molecule has 1 N–H and O–H groups in total. The van der Waals surface area contributed by atoms with Crippen molar-refractivity contribution >= 4 is 5.91 Å². The largest absolute Gasteiger partial charge is 0.355 e. The molecule has 1 atom stereocenters. The van der Waals surface area contributed by atoms with Crippen molar-refractivity contribution in [2.75, 3.05) is 6.54 Å². The topological polar surface area (TPSA) is 70.7 Å². The molecule has 1 aromatic heterocycles. The van der Waals surface area contributed by atoms with Gasteiger partial charge < -0.3 is 5.32 Å². The van der Waals surface area contributed by atoms with Crippen LogP contribution in [-0.2, 0) is 18.3 Å². The van der Waals surface area contributed by atoms with E-state index < -0.39 is 5.92 Å². The molecular weight excluding hydrogens is 216 g/mol. The lowest BCUT2D eigenvalue weighted by molar-refractivity contribution is -0.124. The third-order valence-electron chi connectivity index (χ3n) is 2.56. The molecule has 0 spiro atoms. The van der Waals surface area contributed by atoms with E-state index in [2.05, 4.69) is 10.4 Å². The van der Waals surface area contributed by atoms with E-state index in [4.69, 9.17) is 5.26 Å². The highest BCUT2D eigenvalue weighted by molar-refractivity contribution is 5.81. The number of hydrogen-bond donors (Lipinski definition) is 1. The summed E-state index contributed by atoms with van der Waals surface area (Å²) in [6.45, 7) is 4.28. The molecule has 0 aliphatic heterocycles. The van der Waals surface area contributed by atoms with Gasteiger partial charge in [-0.3, -0.25) is 9.48 Å². The van der Waals surface area contributed by atoms with Gasteiger partial charge in [-0.25, -0.2) is 0 Å². The van der Waals surface area contributed by atoms with E-state index in [1.165, 1.54) is 0 Å². The fourth-order valence-corrected chi connectivity index (χ4v) is 1.55. The van der Waals surface area contributed by atoms with Crippen LogP contribution >= 0.6 is 0 Å². The van der Waals surface area contributed by atoms with Gasteiger partial charge in [0.25, 0.3) is 0 Å². The Bertz CT molecular complexity index is 416. The molecule has 0 fully saturated rings. The fraction of sp³-hybridized carbons (Fsp3) is 0.583. The Balaban J connectivity index is 2.36. The van der Waals surface area contributed by atoms with Crippen LogP contribution in [0.1, 0.15) is 19.4 Å². The number of aryl methyl sites for hydroxylation is 1. The van der Waals surface area contributed by atoms with E-state index in [1.54, 1.807) is 10.9 Å². The van der Waals surface area contributed by atoms with E-state index in [-0.39, 0.29) is 11.8 Å². The lowest BCUT2D eigenvalue weighted by Crippen LogP contribution is -2.34. The Morgan fingerprint density at radius 3 is 2.82 bits per heavy atom. The molecule has 1 heterocycles. The van der Waals surface area contributed by atoms with Crippen molar-refractivity contribution in [3.8, 4) is 6.07 Å². The molecule has 1 unspecified atom stereocenters. The zero-order valence-corrected chi connectivity index (χ0v) is 10.5. The van der Waals surface area contributed by atoms with E-state index in [0.29, 0.717) is 6.54 Å². The van der Waals surface area contributed by atoms with Crippen molar-refractivity contribution in [3.63, 3.8) is 0 Å². The maximum absolute atomic E-state index is 11.7. The van der Waals surface area contributed by atoms with Crippen molar-refractivity contribution < 1.29 is 4.79 Å². The molecule has 5 heteroatoms. The van der Waals surface area contributed by atoms with Gasteiger partial charge in [-0.1, -0.05) is 13.8 Å². The summed E-state index contributed by atoms with van der Waals surface area (Å²) in [6, 6.07) is 2.03. The minimum Gasteiger partial charge on any atom is -0.355 e. The van der Waals surface area contributed by atoms with Crippen molar-refractivity contribution in [1.29, 1.82) is 5.26 Å². The van der Waals surface area contributed by atoms with Crippen molar-refractivity contribution in [3.05, 3.63) is 18.0 Å². The van der Waals surface area contributed by atoms with Gasteiger partial charge in [-0.2, -0.15) is 10.4 Å². The van der Waals surface area contributed by atoms with Gasteiger partial charge in [0.15, 0.2) is 0 Å². The second-order valence-electron chi connectivity index (χ2n) is 4.41. The fourth-order valence-electron chi connectivity index (χ4n) is 1.55. The number of rotatable bonds is 5. The molecule has 0 bridgehead atoms. The average Bonchev–Trinajstić information content (AvgIpc) is 2.64. The molecule has 5 nitrogen and oxygen atoms in total. The first-order chi connectivity index (χ1) is 8.04. The van der Waals surface area contributed by atoms with Crippen LogP contribution in [0.15, 0.2) is 12.4 Å². The van der Waals surface area contributed by atoms with Gasteiger partial charge in [-0.15, -0.1) is 0 Å². The van der Waals surface area contributed by atoms with Crippen molar-refractivity contribution in [2.24, 2.45) is 18.9 Å². The lowest BCUT2D eigenvalue weighted by atomic mass is 9.97. The number of nitriles is 1. The molecule has 0 aromatic carbocycles. The quantitative estimate of drug-likeness (QED) is 0.822. The highest BCUT2D eigenvalue weighted by atomic mass is 16.1. The third-order valence-corrected chi connectivity index (χ3v) is 2.56. The second kappa shape index (κ2) is 6.04. The van der Waals surface area contributed by atoms with Gasteiger partial charge in [0.1, 0.15) is 5.92 Å². The lowest BCUT2D eigenvalue weighted by Gasteiger charge is -2.12. The molecule has 0 aliphatic rings. The standard InChI is InChI=1S/C12H18N4O/c1-9(2)11(6-13)12(17)14-5-4-10-7-15-16(3)8-10/h7-9,11H,4-5H2,1-3H3,(H,14,17). The van der Waals surface area contributed by atoms with Gasteiger partial charge in [0.2, 0.25) is 5.91 Å². The third kappa shape index (κ3) is 3.91. The van der Waals surface area contributed by atoms with Crippen LogP contribution < -0.4 is 5.32 Å². The summed E-state index contributed by atoms with van der Waals surface area (Å²) in [7, 11) is 1.85. The predicted molar refractivity (Wildman–Crippen MR) is 63.9 cm³/mol. The summed E-state index contributed by atoms with van der Waals surface area (Å²) < 4.78 is 1.73. The average molecular weight is 234 g/mol. The van der Waals surface area contributed by atoms with E-state index >= 15 is 0 Å². The molecule has 0 saturated heterocycles. The summed E-state index contributed by atoms with van der Waals surface area (Å²) in [4.78, 5) is 11.7. The molecule has 0 radical (unpaired) electrons. The minimum atomic E-state index is -0.566. The zero-order chi connectivity index (χ0) is 12.8. The summed E-state index contributed by atoms with van der Waals surface area (Å²) in [6.07, 6.45) is 4.42. The smallest absolute Gasteiger partial charge is 0.237 e. The molecule has 92 valence electrons. The molecule has 0 saturated carbocycles. The molecule has 1 aromatic rings. The summed E-state index contributed by atoms with van der Waals surface area (Å²) in [5.41, 5.74) is 1.07. The highest BCUT2D eigenvalue weighted by Crippen LogP contribution is 2.09. The first-order valence-electron chi connectivity index (χ1n) is 5.69. The number of nitrogens with zero attached hydrogens (tertiary/aromatic N) is 3. The van der Waals surface area contributed by atoms with Crippen LogP contribution in [0.4, 0.5) is 0 Å². The number of carbonyl (C=O) groups is 1. The Kier molecular flexibility index (Phi) is 4.70. The zero-order valence-electron chi connectivity index (χ0n) is 10.5. The van der Waals surface area contributed by atoms with Crippen molar-refractivity contribution in [1.82, 2.24) is 15.1 Å². The van der Waals surface area contributed by atoms with Gasteiger partial charge in [-0.05, 0) is 17.9 Å². The first-order valence-corrected chi connectivity index (χ1v) is 5.69. The van der Waals surface area contributed by atoms with Crippen LogP contribution in [0.3, 0.4) is 0 Å². The Morgan fingerprint density at radius 2 is 2.35 bits per heavy atom. The Morgan fingerprint density at radius 1 is 1.65 bits per heavy atom. The van der Waals surface area contributed by atoms with Crippen LogP contribution in [0.2, 0.25) is 0 Å². The Hall–Kier alpha value is -1.83. The minimum absolute atomic E-state index is 0.0402. The van der Waals surface area contributed by atoms with E-state index in [0.717, 1.165) is 12.0 Å². The van der Waals surface area contributed by atoms with E-state index in [9.17, 15) is 4.79 Å². The molecule has 1 rings (SSSR count). The van der Waals surface area contributed by atoms with Gasteiger partial charge in [0.05, 0.1) is 12.3 Å². The first kappa shape index (κ1) is 13.2. The molecule has 1 amide bonds. The van der Waals surface area contributed by atoms with Crippen LogP contribution in [0.25, 0.3) is 0 Å². The Labute approximate surface area is 101 Å². The number of hydrogen-bond acceptors (Lipinski definition) is 3. The van der Waals surface area contributed by atoms with Gasteiger partial charge in [0, 0.05) is 19.8 Å². The van der Waals surface area contributed by atoms with E-state index in [1.807, 2.05) is 33.2 Å². The molecular formula is C12H18N4O. The summed E-state index contributed by atoms with van der Waals surface area (Å²) in [5.74, 6) is -0.714. The summed E-state index contributed by atoms with van der Waals surface area (Å²) in [5, 5.41) is 15.7. The second-order valence-corrected chi connectivity index (χ2v) is 4.41.